The van der Waals surface area contributed by atoms with Crippen LogP contribution in [-0.2, 0) is 9.47 Å². The van der Waals surface area contributed by atoms with Gasteiger partial charge in [-0.05, 0) is 46.5 Å². The zero-order valence-electron chi connectivity index (χ0n) is 13.7. The van der Waals surface area contributed by atoms with Gasteiger partial charge in [0.25, 0.3) is 0 Å². The van der Waals surface area contributed by atoms with E-state index in [1.54, 1.807) is 4.90 Å². The summed E-state index contributed by atoms with van der Waals surface area (Å²) in [4.78, 5) is 13.7. The van der Waals surface area contributed by atoms with Crippen LogP contribution in [0.3, 0.4) is 0 Å². The molecule has 0 atom stereocenters. The summed E-state index contributed by atoms with van der Waals surface area (Å²) >= 11 is 0. The number of carbonyl (C=O) groups is 1. The summed E-state index contributed by atoms with van der Waals surface area (Å²) in [6.45, 7) is 7.90. The molecule has 1 aliphatic rings. The van der Waals surface area contributed by atoms with Gasteiger partial charge in [0.05, 0.1) is 6.10 Å². The SMILES string of the molecule is C#CCCCCCOC1CCN(C(=O)OC(C)(C)C)CC1. The molecule has 0 aromatic carbocycles. The van der Waals surface area contributed by atoms with Crippen molar-refractivity contribution in [2.24, 2.45) is 0 Å². The van der Waals surface area contributed by atoms with Crippen LogP contribution >= 0.6 is 0 Å². The van der Waals surface area contributed by atoms with Crippen molar-refractivity contribution in [3.05, 3.63) is 0 Å². The number of carbonyl (C=O) groups excluding carboxylic acids is 1. The molecule has 21 heavy (non-hydrogen) atoms. The smallest absolute Gasteiger partial charge is 0.410 e. The van der Waals surface area contributed by atoms with Gasteiger partial charge in [-0.3, -0.25) is 0 Å². The number of terminal acetylenes is 1. The maximum absolute atomic E-state index is 11.9. The van der Waals surface area contributed by atoms with E-state index in [4.69, 9.17) is 15.9 Å². The number of likely N-dealkylation sites (tertiary alicyclic amines) is 1. The largest absolute Gasteiger partial charge is 0.444 e. The topological polar surface area (TPSA) is 38.8 Å². The molecule has 0 saturated carbocycles. The molecule has 0 aromatic rings. The molecule has 0 aromatic heterocycles. The van der Waals surface area contributed by atoms with Gasteiger partial charge in [-0.1, -0.05) is 6.42 Å². The molecule has 0 aliphatic carbocycles. The summed E-state index contributed by atoms with van der Waals surface area (Å²) in [5.74, 6) is 2.65. The van der Waals surface area contributed by atoms with Crippen molar-refractivity contribution in [3.63, 3.8) is 0 Å². The second-order valence-corrected chi connectivity index (χ2v) is 6.55. The Balaban J connectivity index is 2.12. The second-order valence-electron chi connectivity index (χ2n) is 6.55. The number of hydrogen-bond acceptors (Lipinski definition) is 3. The zero-order valence-corrected chi connectivity index (χ0v) is 13.7. The van der Waals surface area contributed by atoms with Crippen molar-refractivity contribution in [3.8, 4) is 12.3 Å². The van der Waals surface area contributed by atoms with E-state index in [-0.39, 0.29) is 12.2 Å². The van der Waals surface area contributed by atoms with Gasteiger partial charge in [0, 0.05) is 26.1 Å². The Morgan fingerprint density at radius 2 is 1.90 bits per heavy atom. The molecule has 0 bridgehead atoms. The van der Waals surface area contributed by atoms with Gasteiger partial charge in [-0.25, -0.2) is 4.79 Å². The summed E-state index contributed by atoms with van der Waals surface area (Å²) in [5.41, 5.74) is -0.428. The van der Waals surface area contributed by atoms with Crippen molar-refractivity contribution in [2.75, 3.05) is 19.7 Å². The van der Waals surface area contributed by atoms with Gasteiger partial charge in [0.2, 0.25) is 0 Å². The highest BCUT2D eigenvalue weighted by atomic mass is 16.6. The fourth-order valence-electron chi connectivity index (χ4n) is 2.29. The molecule has 1 aliphatic heterocycles. The van der Waals surface area contributed by atoms with Crippen LogP contribution in [0.25, 0.3) is 0 Å². The van der Waals surface area contributed by atoms with Crippen molar-refractivity contribution in [1.29, 1.82) is 0 Å². The molecule has 0 unspecified atom stereocenters. The van der Waals surface area contributed by atoms with Gasteiger partial charge >= 0.3 is 6.09 Å². The van der Waals surface area contributed by atoms with E-state index in [9.17, 15) is 4.79 Å². The molecule has 4 nitrogen and oxygen atoms in total. The lowest BCUT2D eigenvalue weighted by molar-refractivity contribution is -0.0121. The molecule has 120 valence electrons. The summed E-state index contributed by atoms with van der Waals surface area (Å²) in [6, 6.07) is 0. The van der Waals surface area contributed by atoms with Crippen LogP contribution in [0, 0.1) is 12.3 Å². The van der Waals surface area contributed by atoms with Crippen LogP contribution in [0.15, 0.2) is 0 Å². The molecule has 1 saturated heterocycles. The fourth-order valence-corrected chi connectivity index (χ4v) is 2.29. The number of amides is 1. The van der Waals surface area contributed by atoms with Crippen molar-refractivity contribution >= 4 is 6.09 Å². The van der Waals surface area contributed by atoms with Crippen LogP contribution in [0.2, 0.25) is 0 Å². The number of nitrogens with zero attached hydrogens (tertiary/aromatic N) is 1. The van der Waals surface area contributed by atoms with E-state index in [0.717, 1.165) is 58.2 Å². The third-order valence-electron chi connectivity index (χ3n) is 3.41. The number of rotatable bonds is 6. The standard InChI is InChI=1S/C17H29NO3/c1-5-6-7-8-9-14-20-15-10-12-18(13-11-15)16(19)21-17(2,3)4/h1,15H,6-14H2,2-4H3. The Morgan fingerprint density at radius 3 is 2.48 bits per heavy atom. The molecule has 0 radical (unpaired) electrons. The highest BCUT2D eigenvalue weighted by molar-refractivity contribution is 5.68. The Morgan fingerprint density at radius 1 is 1.24 bits per heavy atom. The third-order valence-corrected chi connectivity index (χ3v) is 3.41. The first-order valence-electron chi connectivity index (χ1n) is 7.95. The van der Waals surface area contributed by atoms with E-state index < -0.39 is 5.60 Å². The Bertz CT molecular complexity index is 346. The summed E-state index contributed by atoms with van der Waals surface area (Å²) in [6.07, 6.45) is 11.2. The van der Waals surface area contributed by atoms with Crippen LogP contribution < -0.4 is 0 Å². The van der Waals surface area contributed by atoms with Gasteiger partial charge in [-0.15, -0.1) is 12.3 Å². The molecule has 1 rings (SSSR count). The monoisotopic (exact) mass is 295 g/mol. The molecule has 0 N–H and O–H groups in total. The van der Waals surface area contributed by atoms with E-state index >= 15 is 0 Å². The van der Waals surface area contributed by atoms with Gasteiger partial charge in [0.15, 0.2) is 0 Å². The second kappa shape index (κ2) is 8.94. The van der Waals surface area contributed by atoms with E-state index in [1.807, 2.05) is 20.8 Å². The molecular weight excluding hydrogens is 266 g/mol. The lowest BCUT2D eigenvalue weighted by Gasteiger charge is -2.33. The number of ether oxygens (including phenoxy) is 2. The highest BCUT2D eigenvalue weighted by Crippen LogP contribution is 2.17. The fraction of sp³-hybridized carbons (Fsp3) is 0.824. The maximum Gasteiger partial charge on any atom is 0.410 e. The summed E-state index contributed by atoms with van der Waals surface area (Å²) < 4.78 is 11.2. The Kier molecular flexibility index (Phi) is 7.60. The molecule has 1 amide bonds. The predicted molar refractivity (Wildman–Crippen MR) is 84.1 cm³/mol. The van der Waals surface area contributed by atoms with Gasteiger partial charge < -0.3 is 14.4 Å². The van der Waals surface area contributed by atoms with E-state index in [1.165, 1.54) is 0 Å². The maximum atomic E-state index is 11.9. The number of unbranched alkanes of at least 4 members (excludes halogenated alkanes) is 3. The molecular formula is C17H29NO3. The lowest BCUT2D eigenvalue weighted by atomic mass is 10.1. The van der Waals surface area contributed by atoms with Crippen LogP contribution in [0.1, 0.15) is 59.3 Å². The van der Waals surface area contributed by atoms with E-state index in [0.29, 0.717) is 0 Å². The minimum Gasteiger partial charge on any atom is -0.444 e. The lowest BCUT2D eigenvalue weighted by Crippen LogP contribution is -2.43. The quantitative estimate of drug-likeness (QED) is 0.555. The number of hydrogen-bond donors (Lipinski definition) is 0. The third kappa shape index (κ3) is 7.96. The van der Waals surface area contributed by atoms with Gasteiger partial charge in [0.1, 0.15) is 5.60 Å². The minimum absolute atomic E-state index is 0.213. The van der Waals surface area contributed by atoms with Crippen molar-refractivity contribution in [1.82, 2.24) is 4.90 Å². The van der Waals surface area contributed by atoms with Crippen LogP contribution in [-0.4, -0.2) is 42.4 Å². The van der Waals surface area contributed by atoms with Gasteiger partial charge in [-0.2, -0.15) is 0 Å². The van der Waals surface area contributed by atoms with Crippen molar-refractivity contribution < 1.29 is 14.3 Å². The Labute approximate surface area is 129 Å². The first-order chi connectivity index (χ1) is 9.92. The molecule has 1 fully saturated rings. The first-order valence-corrected chi connectivity index (χ1v) is 7.95. The number of piperidine rings is 1. The normalized spacial score (nSPS) is 16.6. The zero-order chi connectivity index (χ0) is 15.7. The van der Waals surface area contributed by atoms with E-state index in [2.05, 4.69) is 5.92 Å². The highest BCUT2D eigenvalue weighted by Gasteiger charge is 2.26. The minimum atomic E-state index is -0.428. The van der Waals surface area contributed by atoms with Crippen LogP contribution in [0.5, 0.6) is 0 Å². The van der Waals surface area contributed by atoms with Crippen molar-refractivity contribution in [2.45, 2.75) is 71.0 Å². The first kappa shape index (κ1) is 17.8. The predicted octanol–water partition coefficient (Wildman–Crippen LogP) is 3.60. The average Bonchev–Trinajstić information content (AvgIpc) is 2.41. The summed E-state index contributed by atoms with van der Waals surface area (Å²) in [5, 5.41) is 0. The molecule has 4 heteroatoms. The molecule has 0 spiro atoms. The molecule has 1 heterocycles. The van der Waals surface area contributed by atoms with Crippen LogP contribution in [0.4, 0.5) is 4.79 Å². The summed E-state index contributed by atoms with van der Waals surface area (Å²) in [7, 11) is 0. The average molecular weight is 295 g/mol. The Hall–Kier alpha value is -1.21.